The molecule has 144 valence electrons. The van der Waals surface area contributed by atoms with Gasteiger partial charge in [0.05, 0.1) is 11.1 Å². The summed E-state index contributed by atoms with van der Waals surface area (Å²) in [6.07, 6.45) is -0.547. The van der Waals surface area contributed by atoms with Crippen LogP contribution in [0.1, 0.15) is 22.3 Å². The topological polar surface area (TPSA) is 58.1 Å². The summed E-state index contributed by atoms with van der Waals surface area (Å²) >= 11 is 0. The highest BCUT2D eigenvalue weighted by atomic mass is 19.4. The smallest absolute Gasteiger partial charge is 0.354 e. The van der Waals surface area contributed by atoms with Gasteiger partial charge in [-0.3, -0.25) is 9.78 Å². The number of aromatic nitrogens is 2. The number of amides is 1. The van der Waals surface area contributed by atoms with Gasteiger partial charge in [-0.25, -0.2) is 4.98 Å². The van der Waals surface area contributed by atoms with Crippen LogP contribution >= 0.6 is 0 Å². The van der Waals surface area contributed by atoms with Crippen LogP contribution in [0.3, 0.4) is 0 Å². The molecule has 1 saturated heterocycles. The first-order chi connectivity index (χ1) is 13.4. The molecule has 28 heavy (non-hydrogen) atoms. The second-order valence-corrected chi connectivity index (χ2v) is 6.72. The van der Waals surface area contributed by atoms with Crippen LogP contribution in [0.5, 0.6) is 0 Å². The Bertz CT molecular complexity index is 1010. The zero-order chi connectivity index (χ0) is 19.7. The first-order valence-corrected chi connectivity index (χ1v) is 8.84. The number of fused-ring (bicyclic) bond motifs is 1. The predicted octanol–water partition coefficient (Wildman–Crippen LogP) is 3.66. The molecule has 3 aromatic rings. The Labute approximate surface area is 159 Å². The van der Waals surface area contributed by atoms with Crippen molar-refractivity contribution in [3.8, 4) is 0 Å². The molecule has 1 unspecified atom stereocenters. The van der Waals surface area contributed by atoms with Gasteiger partial charge >= 0.3 is 6.18 Å². The van der Waals surface area contributed by atoms with Crippen molar-refractivity contribution in [2.75, 3.05) is 18.0 Å². The predicted molar refractivity (Wildman–Crippen MR) is 99.1 cm³/mol. The first kappa shape index (κ1) is 18.2. The Morgan fingerprint density at radius 2 is 1.86 bits per heavy atom. The fourth-order valence-corrected chi connectivity index (χ4v) is 3.32. The summed E-state index contributed by atoms with van der Waals surface area (Å²) in [5, 5.41) is 3.63. The lowest BCUT2D eigenvalue weighted by Crippen LogP contribution is -2.37. The number of carbonyl (C=O) groups excluding carboxylic acids is 1. The van der Waals surface area contributed by atoms with E-state index in [0.29, 0.717) is 35.4 Å². The molecule has 1 N–H and O–H groups in total. The highest BCUT2D eigenvalue weighted by Gasteiger charge is 2.31. The summed E-state index contributed by atoms with van der Waals surface area (Å²) in [4.78, 5) is 22.5. The molecule has 1 aromatic carbocycles. The zero-order valence-electron chi connectivity index (χ0n) is 14.8. The molecule has 8 heteroatoms. The Kier molecular flexibility index (Phi) is 4.62. The molecule has 0 saturated carbocycles. The summed E-state index contributed by atoms with van der Waals surface area (Å²) in [7, 11) is 0. The van der Waals surface area contributed by atoms with Gasteiger partial charge in [-0.2, -0.15) is 13.2 Å². The molecule has 0 radical (unpaired) electrons. The van der Waals surface area contributed by atoms with Gasteiger partial charge in [-0.15, -0.1) is 0 Å². The number of anilines is 1. The van der Waals surface area contributed by atoms with Gasteiger partial charge in [0.2, 0.25) is 0 Å². The summed E-state index contributed by atoms with van der Waals surface area (Å²) in [5.41, 5.74) is 0.127. The number of rotatable bonds is 3. The van der Waals surface area contributed by atoms with E-state index in [9.17, 15) is 18.0 Å². The van der Waals surface area contributed by atoms with Crippen molar-refractivity contribution in [1.29, 1.82) is 0 Å². The van der Waals surface area contributed by atoms with E-state index in [2.05, 4.69) is 15.3 Å². The Balaban J connectivity index is 1.49. The Morgan fingerprint density at radius 1 is 1.11 bits per heavy atom. The molecule has 1 aliphatic heterocycles. The maximum atomic E-state index is 12.9. The summed E-state index contributed by atoms with van der Waals surface area (Å²) in [5.74, 6) is 0.433. The number of nitrogens with zero attached hydrogens (tertiary/aromatic N) is 3. The van der Waals surface area contributed by atoms with Crippen molar-refractivity contribution in [1.82, 2.24) is 15.3 Å². The number of nitrogens with one attached hydrogen (secondary N) is 1. The minimum Gasteiger partial charge on any atom is -0.354 e. The minimum atomic E-state index is -4.40. The maximum absolute atomic E-state index is 12.9. The second kappa shape index (κ2) is 7.10. The van der Waals surface area contributed by atoms with Gasteiger partial charge in [0, 0.05) is 42.5 Å². The lowest BCUT2D eigenvalue weighted by molar-refractivity contribution is -0.137. The van der Waals surface area contributed by atoms with E-state index in [1.165, 1.54) is 6.07 Å². The van der Waals surface area contributed by atoms with Crippen LogP contribution in [0.25, 0.3) is 10.9 Å². The molecule has 0 aliphatic carbocycles. The monoisotopic (exact) mass is 386 g/mol. The van der Waals surface area contributed by atoms with Crippen LogP contribution in [0.4, 0.5) is 19.0 Å². The van der Waals surface area contributed by atoms with E-state index in [0.717, 1.165) is 18.6 Å². The van der Waals surface area contributed by atoms with Crippen molar-refractivity contribution < 1.29 is 18.0 Å². The number of pyridine rings is 2. The number of hydrogen-bond donors (Lipinski definition) is 1. The molecule has 3 heterocycles. The molecule has 1 aliphatic rings. The molecular weight excluding hydrogens is 369 g/mol. The molecule has 2 aromatic heterocycles. The second-order valence-electron chi connectivity index (χ2n) is 6.72. The average Bonchev–Trinajstić information content (AvgIpc) is 3.15. The van der Waals surface area contributed by atoms with Gasteiger partial charge in [-0.1, -0.05) is 6.07 Å². The van der Waals surface area contributed by atoms with E-state index in [-0.39, 0.29) is 11.9 Å². The fraction of sp³-hybridized carbons (Fsp3) is 0.250. The van der Waals surface area contributed by atoms with E-state index >= 15 is 0 Å². The molecule has 0 spiro atoms. The summed E-state index contributed by atoms with van der Waals surface area (Å²) in [6, 6.07) is 10.3. The molecule has 1 amide bonds. The minimum absolute atomic E-state index is 0.0559. The van der Waals surface area contributed by atoms with Crippen molar-refractivity contribution in [3.63, 3.8) is 0 Å². The van der Waals surface area contributed by atoms with Crippen LogP contribution in [0.15, 0.2) is 54.9 Å². The standard InChI is InChI=1S/C20H17F3N4O/c21-20(22,23)15-3-1-13-2-4-18(26-17(13)11-15)27-10-7-16(12-27)25-19(28)14-5-8-24-9-6-14/h1-6,8-9,11,16H,7,10,12H2,(H,25,28). The largest absolute Gasteiger partial charge is 0.416 e. The van der Waals surface area contributed by atoms with Crippen LogP contribution in [0.2, 0.25) is 0 Å². The van der Waals surface area contributed by atoms with E-state index < -0.39 is 11.7 Å². The van der Waals surface area contributed by atoms with Gasteiger partial charge in [0.1, 0.15) is 5.82 Å². The molecule has 4 rings (SSSR count). The first-order valence-electron chi connectivity index (χ1n) is 8.84. The lowest BCUT2D eigenvalue weighted by Gasteiger charge is -2.19. The van der Waals surface area contributed by atoms with Crippen LogP contribution in [-0.4, -0.2) is 35.0 Å². The Morgan fingerprint density at radius 3 is 2.61 bits per heavy atom. The third kappa shape index (κ3) is 3.76. The van der Waals surface area contributed by atoms with Crippen molar-refractivity contribution in [2.45, 2.75) is 18.6 Å². The van der Waals surface area contributed by atoms with Crippen molar-refractivity contribution >= 4 is 22.6 Å². The normalized spacial score (nSPS) is 17.1. The van der Waals surface area contributed by atoms with E-state index in [1.807, 2.05) is 4.90 Å². The number of alkyl halides is 3. The molecule has 5 nitrogen and oxygen atoms in total. The average molecular weight is 386 g/mol. The summed E-state index contributed by atoms with van der Waals surface area (Å²) in [6.45, 7) is 1.22. The number of benzene rings is 1. The fourth-order valence-electron chi connectivity index (χ4n) is 3.32. The van der Waals surface area contributed by atoms with Gasteiger partial charge in [0.25, 0.3) is 5.91 Å². The van der Waals surface area contributed by atoms with Crippen molar-refractivity contribution in [2.24, 2.45) is 0 Å². The number of halogens is 3. The third-order valence-electron chi connectivity index (χ3n) is 4.79. The molecule has 1 atom stereocenters. The maximum Gasteiger partial charge on any atom is 0.416 e. The van der Waals surface area contributed by atoms with Crippen LogP contribution < -0.4 is 10.2 Å². The lowest BCUT2D eigenvalue weighted by atomic mass is 10.1. The number of hydrogen-bond acceptors (Lipinski definition) is 4. The third-order valence-corrected chi connectivity index (χ3v) is 4.79. The Hall–Kier alpha value is -3.16. The van der Waals surface area contributed by atoms with Gasteiger partial charge in [0.15, 0.2) is 0 Å². The van der Waals surface area contributed by atoms with Gasteiger partial charge < -0.3 is 10.2 Å². The quantitative estimate of drug-likeness (QED) is 0.747. The molecular formula is C20H17F3N4O. The van der Waals surface area contributed by atoms with E-state index in [4.69, 9.17) is 0 Å². The van der Waals surface area contributed by atoms with Crippen molar-refractivity contribution in [3.05, 3.63) is 66.0 Å². The van der Waals surface area contributed by atoms with E-state index in [1.54, 1.807) is 36.7 Å². The highest BCUT2D eigenvalue weighted by Crippen LogP contribution is 2.31. The highest BCUT2D eigenvalue weighted by molar-refractivity contribution is 5.94. The molecule has 1 fully saturated rings. The van der Waals surface area contributed by atoms with Gasteiger partial charge in [-0.05, 0) is 42.8 Å². The van der Waals surface area contributed by atoms with Crippen LogP contribution in [0, 0.1) is 0 Å². The SMILES string of the molecule is O=C(NC1CCN(c2ccc3ccc(C(F)(F)F)cc3n2)C1)c1ccncc1. The van der Waals surface area contributed by atoms with Crippen LogP contribution in [-0.2, 0) is 6.18 Å². The molecule has 0 bridgehead atoms. The zero-order valence-corrected chi connectivity index (χ0v) is 14.8. The number of carbonyl (C=O) groups is 1. The summed E-state index contributed by atoms with van der Waals surface area (Å²) < 4.78 is 38.8.